The Kier molecular flexibility index (Phi) is 7.22. The molecular formula is C32H35N3O. The molecule has 1 aliphatic heterocycles. The monoisotopic (exact) mass is 477 g/mol. The number of carbonyl (C=O) groups is 1. The van der Waals surface area contributed by atoms with Gasteiger partial charge in [-0.05, 0) is 91.6 Å². The normalized spacial score (nSPS) is 15.0. The summed E-state index contributed by atoms with van der Waals surface area (Å²) >= 11 is 0. The smallest absolute Gasteiger partial charge is 0.255 e. The van der Waals surface area contributed by atoms with Crippen molar-refractivity contribution < 1.29 is 4.79 Å². The molecule has 4 nitrogen and oxygen atoms in total. The quantitative estimate of drug-likeness (QED) is 0.300. The van der Waals surface area contributed by atoms with E-state index in [1.807, 2.05) is 43.3 Å². The van der Waals surface area contributed by atoms with Gasteiger partial charge in [-0.25, -0.2) is 0 Å². The second-order valence-corrected chi connectivity index (χ2v) is 10.1. The van der Waals surface area contributed by atoms with E-state index in [9.17, 15) is 4.79 Å². The third-order valence-electron chi connectivity index (χ3n) is 7.50. The highest BCUT2D eigenvalue weighted by atomic mass is 16.1. The van der Waals surface area contributed by atoms with Crippen LogP contribution in [0.25, 0.3) is 5.69 Å². The minimum atomic E-state index is -0.0564. The van der Waals surface area contributed by atoms with Gasteiger partial charge in [0.25, 0.3) is 5.91 Å². The maximum Gasteiger partial charge on any atom is 0.255 e. The highest BCUT2D eigenvalue weighted by molar-refractivity contribution is 6.05. The number of anilines is 2. The Morgan fingerprint density at radius 3 is 2.42 bits per heavy atom. The molecule has 5 rings (SSSR count). The van der Waals surface area contributed by atoms with Crippen molar-refractivity contribution in [2.45, 2.75) is 39.0 Å². The number of para-hydroxylation sites is 1. The molecule has 0 radical (unpaired) electrons. The predicted molar refractivity (Wildman–Crippen MR) is 149 cm³/mol. The summed E-state index contributed by atoms with van der Waals surface area (Å²) in [6.07, 6.45) is 8.08. The molecule has 1 saturated heterocycles. The number of nitrogens with one attached hydrogen (secondary N) is 1. The molecule has 3 aromatic carbocycles. The van der Waals surface area contributed by atoms with Crippen LogP contribution in [-0.4, -0.2) is 23.6 Å². The van der Waals surface area contributed by atoms with Gasteiger partial charge in [-0.3, -0.25) is 4.79 Å². The van der Waals surface area contributed by atoms with Gasteiger partial charge in [0.05, 0.1) is 0 Å². The molecule has 0 bridgehead atoms. The number of nitrogens with zero attached hydrogens (tertiary/aromatic N) is 2. The summed E-state index contributed by atoms with van der Waals surface area (Å²) in [6, 6.07) is 28.7. The van der Waals surface area contributed by atoms with Crippen molar-refractivity contribution in [3.63, 3.8) is 0 Å². The van der Waals surface area contributed by atoms with Gasteiger partial charge in [0.15, 0.2) is 0 Å². The van der Waals surface area contributed by atoms with E-state index in [1.54, 1.807) is 0 Å². The highest BCUT2D eigenvalue weighted by Crippen LogP contribution is 2.32. The maximum absolute atomic E-state index is 12.7. The first-order valence-corrected chi connectivity index (χ1v) is 13.0. The molecule has 0 saturated carbocycles. The zero-order chi connectivity index (χ0) is 24.9. The summed E-state index contributed by atoms with van der Waals surface area (Å²) in [5, 5.41) is 3.08. The topological polar surface area (TPSA) is 37.3 Å². The average Bonchev–Trinajstić information content (AvgIpc) is 3.41. The summed E-state index contributed by atoms with van der Waals surface area (Å²) in [4.78, 5) is 15.2. The minimum Gasteiger partial charge on any atom is -0.371 e. The van der Waals surface area contributed by atoms with Crippen molar-refractivity contribution in [1.82, 2.24) is 4.57 Å². The molecule has 1 atom stereocenters. The summed E-state index contributed by atoms with van der Waals surface area (Å²) in [6.45, 7) is 6.43. The Bertz CT molecular complexity index is 1300. The molecule has 2 heterocycles. The Morgan fingerprint density at radius 2 is 1.64 bits per heavy atom. The Labute approximate surface area is 214 Å². The molecule has 184 valence electrons. The van der Waals surface area contributed by atoms with Crippen LogP contribution in [0.1, 0.15) is 53.6 Å². The van der Waals surface area contributed by atoms with Crippen molar-refractivity contribution in [2.75, 3.05) is 23.3 Å². The predicted octanol–water partition coefficient (Wildman–Crippen LogP) is 7.45. The van der Waals surface area contributed by atoms with Crippen LogP contribution >= 0.6 is 0 Å². The van der Waals surface area contributed by atoms with Crippen molar-refractivity contribution in [3.05, 3.63) is 114 Å². The van der Waals surface area contributed by atoms with Crippen molar-refractivity contribution >= 4 is 17.3 Å². The van der Waals surface area contributed by atoms with Crippen LogP contribution < -0.4 is 10.2 Å². The summed E-state index contributed by atoms with van der Waals surface area (Å²) < 4.78 is 2.22. The molecule has 1 fully saturated rings. The fourth-order valence-electron chi connectivity index (χ4n) is 5.33. The van der Waals surface area contributed by atoms with Crippen LogP contribution in [-0.2, 0) is 0 Å². The van der Waals surface area contributed by atoms with Crippen LogP contribution in [0, 0.1) is 12.8 Å². The van der Waals surface area contributed by atoms with Crippen molar-refractivity contribution in [1.29, 1.82) is 0 Å². The molecule has 1 aromatic heterocycles. The molecular weight excluding hydrogens is 442 g/mol. The van der Waals surface area contributed by atoms with Gasteiger partial charge in [0, 0.05) is 48.1 Å². The van der Waals surface area contributed by atoms with Gasteiger partial charge in [-0.15, -0.1) is 0 Å². The first-order valence-electron chi connectivity index (χ1n) is 13.0. The van der Waals surface area contributed by atoms with Gasteiger partial charge in [-0.2, -0.15) is 0 Å². The zero-order valence-corrected chi connectivity index (χ0v) is 21.2. The summed E-state index contributed by atoms with van der Waals surface area (Å²) in [5.74, 6) is 1.23. The molecule has 0 aliphatic carbocycles. The number of carbonyl (C=O) groups excluding carboxylic acids is 1. The van der Waals surface area contributed by atoms with Gasteiger partial charge in [0.2, 0.25) is 0 Å². The second kappa shape index (κ2) is 10.9. The standard InChI is InChI=1S/C32H35N3O/c1-24-9-6-7-14-31(24)32(36)33-28-10-8-13-30(22-28)34-18-15-26(16-19-34)21-25(2)27-17-20-35(23-27)29-11-4-3-5-12-29/h3-14,17,20,22-23,25-26H,15-16,18-19,21H2,1-2H3,(H,33,36). The molecule has 0 spiro atoms. The lowest BCUT2D eigenvalue weighted by atomic mass is 9.85. The SMILES string of the molecule is Cc1ccccc1C(=O)Nc1cccc(N2CCC(CC(C)c3ccn(-c4ccccc4)c3)CC2)c1. The fraction of sp³-hybridized carbons (Fsp3) is 0.281. The van der Waals surface area contributed by atoms with Gasteiger partial charge >= 0.3 is 0 Å². The molecule has 1 N–H and O–H groups in total. The number of hydrogen-bond donors (Lipinski definition) is 1. The first kappa shape index (κ1) is 23.9. The van der Waals surface area contributed by atoms with E-state index >= 15 is 0 Å². The van der Waals surface area contributed by atoms with Crippen LogP contribution in [0.4, 0.5) is 11.4 Å². The Morgan fingerprint density at radius 1 is 0.917 bits per heavy atom. The molecule has 1 aliphatic rings. The molecule has 36 heavy (non-hydrogen) atoms. The second-order valence-electron chi connectivity index (χ2n) is 10.1. The van der Waals surface area contributed by atoms with Crippen molar-refractivity contribution in [2.24, 2.45) is 5.92 Å². The largest absolute Gasteiger partial charge is 0.371 e. The Balaban J connectivity index is 1.15. The van der Waals surface area contributed by atoms with Gasteiger partial charge in [0.1, 0.15) is 0 Å². The maximum atomic E-state index is 12.7. The first-order chi connectivity index (χ1) is 17.6. The van der Waals surface area contributed by atoms with E-state index in [1.165, 1.54) is 36.2 Å². The molecule has 4 heteroatoms. The number of benzene rings is 3. The van der Waals surface area contributed by atoms with E-state index < -0.39 is 0 Å². The lowest BCUT2D eigenvalue weighted by Crippen LogP contribution is -2.34. The number of piperidine rings is 1. The van der Waals surface area contributed by atoms with Crippen LogP contribution in [0.3, 0.4) is 0 Å². The van der Waals surface area contributed by atoms with Crippen LogP contribution in [0.5, 0.6) is 0 Å². The highest BCUT2D eigenvalue weighted by Gasteiger charge is 2.22. The van der Waals surface area contributed by atoms with E-state index in [0.717, 1.165) is 35.8 Å². The number of aromatic nitrogens is 1. The minimum absolute atomic E-state index is 0.0564. The third kappa shape index (κ3) is 5.54. The molecule has 1 unspecified atom stereocenters. The van der Waals surface area contributed by atoms with E-state index in [4.69, 9.17) is 0 Å². The molecule has 4 aromatic rings. The lowest BCUT2D eigenvalue weighted by Gasteiger charge is -2.34. The summed E-state index contributed by atoms with van der Waals surface area (Å²) in [7, 11) is 0. The number of amides is 1. The number of hydrogen-bond acceptors (Lipinski definition) is 2. The third-order valence-corrected chi connectivity index (χ3v) is 7.50. The van der Waals surface area contributed by atoms with Gasteiger partial charge < -0.3 is 14.8 Å². The van der Waals surface area contributed by atoms with Gasteiger partial charge in [-0.1, -0.05) is 49.4 Å². The van der Waals surface area contributed by atoms with Crippen LogP contribution in [0.15, 0.2) is 97.3 Å². The number of rotatable bonds is 7. The Hall–Kier alpha value is -3.79. The zero-order valence-electron chi connectivity index (χ0n) is 21.2. The van der Waals surface area contributed by atoms with E-state index in [2.05, 4.69) is 82.6 Å². The molecule has 1 amide bonds. The lowest BCUT2D eigenvalue weighted by molar-refractivity contribution is 0.102. The van der Waals surface area contributed by atoms with Crippen molar-refractivity contribution in [3.8, 4) is 5.69 Å². The average molecular weight is 478 g/mol. The fourth-order valence-corrected chi connectivity index (χ4v) is 5.33. The van der Waals surface area contributed by atoms with E-state index in [-0.39, 0.29) is 5.91 Å². The number of aryl methyl sites for hydroxylation is 1. The van der Waals surface area contributed by atoms with Crippen LogP contribution in [0.2, 0.25) is 0 Å². The summed E-state index contributed by atoms with van der Waals surface area (Å²) in [5.41, 5.74) is 6.36. The van der Waals surface area contributed by atoms with E-state index in [0.29, 0.717) is 5.92 Å².